The van der Waals surface area contributed by atoms with Crippen molar-refractivity contribution in [3.8, 4) is 0 Å². The normalized spacial score (nSPS) is 10.2. The SMILES string of the molecule is NNc1ccc([N+](=O)[O-])c(NCCn2ccnn2)n1. The van der Waals surface area contributed by atoms with Crippen molar-refractivity contribution < 1.29 is 4.92 Å². The summed E-state index contributed by atoms with van der Waals surface area (Å²) in [5, 5.41) is 21.2. The summed E-state index contributed by atoms with van der Waals surface area (Å²) >= 11 is 0. The summed E-state index contributed by atoms with van der Waals surface area (Å²) in [6, 6.07) is 2.76. The van der Waals surface area contributed by atoms with Crippen LogP contribution in [0, 0.1) is 10.1 Å². The van der Waals surface area contributed by atoms with Gasteiger partial charge < -0.3 is 10.7 Å². The van der Waals surface area contributed by atoms with Gasteiger partial charge in [-0.1, -0.05) is 5.21 Å². The molecule has 0 saturated carbocycles. The van der Waals surface area contributed by atoms with Gasteiger partial charge in [0.25, 0.3) is 0 Å². The Bertz CT molecular complexity index is 555. The molecule has 4 N–H and O–H groups in total. The van der Waals surface area contributed by atoms with Gasteiger partial charge in [0.1, 0.15) is 5.82 Å². The molecule has 10 nitrogen and oxygen atoms in total. The lowest BCUT2D eigenvalue weighted by Gasteiger charge is -2.07. The largest absolute Gasteiger partial charge is 0.362 e. The fourth-order valence-corrected chi connectivity index (χ4v) is 1.45. The number of nitrogen functional groups attached to an aromatic ring is 1. The molecule has 0 saturated heterocycles. The summed E-state index contributed by atoms with van der Waals surface area (Å²) in [5.74, 6) is 5.71. The smallest absolute Gasteiger partial charge is 0.311 e. The van der Waals surface area contributed by atoms with Gasteiger partial charge in [-0.25, -0.2) is 10.8 Å². The van der Waals surface area contributed by atoms with Gasteiger partial charge in [0, 0.05) is 18.8 Å². The molecule has 0 aromatic carbocycles. The quantitative estimate of drug-likeness (QED) is 0.376. The average molecular weight is 264 g/mol. The molecule has 0 spiro atoms. The van der Waals surface area contributed by atoms with Crippen molar-refractivity contribution >= 4 is 17.3 Å². The van der Waals surface area contributed by atoms with Crippen LogP contribution in [0.1, 0.15) is 0 Å². The van der Waals surface area contributed by atoms with Crippen molar-refractivity contribution in [3.63, 3.8) is 0 Å². The van der Waals surface area contributed by atoms with Gasteiger partial charge in [-0.05, 0) is 6.07 Å². The third-order valence-electron chi connectivity index (χ3n) is 2.32. The van der Waals surface area contributed by atoms with Crippen LogP contribution in [0.4, 0.5) is 17.3 Å². The van der Waals surface area contributed by atoms with Crippen LogP contribution in [0.3, 0.4) is 0 Å². The predicted molar refractivity (Wildman–Crippen MR) is 67.2 cm³/mol. The molecular weight excluding hydrogens is 252 g/mol. The molecule has 2 rings (SSSR count). The molecule has 0 amide bonds. The first kappa shape index (κ1) is 12.7. The fourth-order valence-electron chi connectivity index (χ4n) is 1.45. The molecule has 2 heterocycles. The van der Waals surface area contributed by atoms with E-state index in [9.17, 15) is 10.1 Å². The Hall–Kier alpha value is -2.75. The Kier molecular flexibility index (Phi) is 3.83. The third-order valence-corrected chi connectivity index (χ3v) is 2.32. The first-order chi connectivity index (χ1) is 9.20. The number of nitrogens with zero attached hydrogens (tertiary/aromatic N) is 5. The Morgan fingerprint density at radius 3 is 2.95 bits per heavy atom. The van der Waals surface area contributed by atoms with E-state index in [0.717, 1.165) is 0 Å². The molecule has 0 fully saturated rings. The highest BCUT2D eigenvalue weighted by molar-refractivity contribution is 5.59. The Labute approximate surface area is 107 Å². The first-order valence-electron chi connectivity index (χ1n) is 5.40. The number of rotatable bonds is 6. The maximum atomic E-state index is 10.9. The van der Waals surface area contributed by atoms with Crippen LogP contribution >= 0.6 is 0 Å². The number of nitro groups is 1. The van der Waals surface area contributed by atoms with E-state index >= 15 is 0 Å². The first-order valence-corrected chi connectivity index (χ1v) is 5.40. The van der Waals surface area contributed by atoms with Crippen LogP contribution in [0.5, 0.6) is 0 Å². The summed E-state index contributed by atoms with van der Waals surface area (Å²) in [4.78, 5) is 14.3. The van der Waals surface area contributed by atoms with Crippen molar-refractivity contribution in [3.05, 3.63) is 34.6 Å². The zero-order valence-electron chi connectivity index (χ0n) is 9.85. The van der Waals surface area contributed by atoms with Gasteiger partial charge >= 0.3 is 5.69 Å². The topological polar surface area (TPSA) is 137 Å². The molecular formula is C9H12N8O2. The zero-order valence-corrected chi connectivity index (χ0v) is 9.85. The average Bonchev–Trinajstić information content (AvgIpc) is 2.91. The Balaban J connectivity index is 2.06. The van der Waals surface area contributed by atoms with E-state index in [1.165, 1.54) is 12.1 Å². The van der Waals surface area contributed by atoms with Gasteiger partial charge in [-0.2, -0.15) is 0 Å². The highest BCUT2D eigenvalue weighted by atomic mass is 16.6. The lowest BCUT2D eigenvalue weighted by atomic mass is 10.3. The molecule has 2 aromatic rings. The minimum atomic E-state index is -0.509. The van der Waals surface area contributed by atoms with Crippen LogP contribution in [0.15, 0.2) is 24.5 Å². The number of nitrogens with one attached hydrogen (secondary N) is 2. The summed E-state index contributed by atoms with van der Waals surface area (Å²) in [6.45, 7) is 0.935. The molecule has 0 aliphatic heterocycles. The predicted octanol–water partition coefficient (Wildman–Crippen LogP) is -0.0210. The van der Waals surface area contributed by atoms with Crippen LogP contribution < -0.4 is 16.6 Å². The van der Waals surface area contributed by atoms with Crippen LogP contribution in [-0.4, -0.2) is 31.4 Å². The summed E-state index contributed by atoms with van der Waals surface area (Å²) in [5.41, 5.74) is 2.22. The number of aromatic nitrogens is 4. The number of hydrogen-bond acceptors (Lipinski definition) is 8. The minimum absolute atomic E-state index is 0.113. The molecule has 19 heavy (non-hydrogen) atoms. The third kappa shape index (κ3) is 3.13. The summed E-state index contributed by atoms with van der Waals surface area (Å²) < 4.78 is 1.60. The van der Waals surface area contributed by atoms with E-state index < -0.39 is 4.92 Å². The molecule has 0 bridgehead atoms. The molecule has 0 unspecified atom stereocenters. The molecule has 10 heteroatoms. The lowest BCUT2D eigenvalue weighted by Crippen LogP contribution is -2.15. The highest BCUT2D eigenvalue weighted by Gasteiger charge is 2.15. The second-order valence-electron chi connectivity index (χ2n) is 3.56. The molecule has 0 aliphatic carbocycles. The number of anilines is 2. The van der Waals surface area contributed by atoms with Crippen molar-refractivity contribution in [2.45, 2.75) is 6.54 Å². The fraction of sp³-hybridized carbons (Fsp3) is 0.222. The van der Waals surface area contributed by atoms with Gasteiger partial charge in [0.2, 0.25) is 5.82 Å². The van der Waals surface area contributed by atoms with Gasteiger partial charge in [-0.3, -0.25) is 14.8 Å². The monoisotopic (exact) mass is 264 g/mol. The van der Waals surface area contributed by atoms with E-state index in [4.69, 9.17) is 5.84 Å². The summed E-state index contributed by atoms with van der Waals surface area (Å²) in [7, 11) is 0. The van der Waals surface area contributed by atoms with Gasteiger partial charge in [0.15, 0.2) is 0 Å². The van der Waals surface area contributed by atoms with Gasteiger partial charge in [-0.15, -0.1) is 5.10 Å². The van der Waals surface area contributed by atoms with E-state index in [-0.39, 0.29) is 11.5 Å². The van der Waals surface area contributed by atoms with E-state index in [1.54, 1.807) is 17.1 Å². The second-order valence-corrected chi connectivity index (χ2v) is 3.56. The maximum absolute atomic E-state index is 10.9. The van der Waals surface area contributed by atoms with Gasteiger partial charge in [0.05, 0.1) is 17.7 Å². The number of nitrogens with two attached hydrogens (primary N) is 1. The number of hydrogen-bond donors (Lipinski definition) is 3. The van der Waals surface area contributed by atoms with E-state index in [1.807, 2.05) is 0 Å². The van der Waals surface area contributed by atoms with Crippen molar-refractivity contribution in [2.24, 2.45) is 5.84 Å². The van der Waals surface area contributed by atoms with Crippen LogP contribution in [0.2, 0.25) is 0 Å². The maximum Gasteiger partial charge on any atom is 0.311 e. The molecule has 0 atom stereocenters. The summed E-state index contributed by atoms with van der Waals surface area (Å²) in [6.07, 6.45) is 3.25. The molecule has 100 valence electrons. The van der Waals surface area contributed by atoms with Crippen molar-refractivity contribution in [2.75, 3.05) is 17.3 Å². The number of pyridine rings is 1. The zero-order chi connectivity index (χ0) is 13.7. The van der Waals surface area contributed by atoms with E-state index in [2.05, 4.69) is 26.0 Å². The minimum Gasteiger partial charge on any atom is -0.362 e. The van der Waals surface area contributed by atoms with Crippen LogP contribution in [0.25, 0.3) is 0 Å². The lowest BCUT2D eigenvalue weighted by molar-refractivity contribution is -0.384. The molecule has 0 aliphatic rings. The Morgan fingerprint density at radius 2 is 2.32 bits per heavy atom. The van der Waals surface area contributed by atoms with Crippen molar-refractivity contribution in [1.29, 1.82) is 0 Å². The van der Waals surface area contributed by atoms with Crippen molar-refractivity contribution in [1.82, 2.24) is 20.0 Å². The molecule has 2 aromatic heterocycles. The number of hydrazine groups is 1. The highest BCUT2D eigenvalue weighted by Crippen LogP contribution is 2.23. The van der Waals surface area contributed by atoms with Crippen LogP contribution in [-0.2, 0) is 6.54 Å². The molecule has 0 radical (unpaired) electrons. The van der Waals surface area contributed by atoms with E-state index in [0.29, 0.717) is 18.9 Å². The standard InChI is InChI=1S/C9H12N8O2/c10-14-8-2-1-7(17(18)19)9(13-8)11-3-5-16-6-4-12-15-16/h1-2,4,6H,3,5,10H2,(H2,11,13,14). The second kappa shape index (κ2) is 5.73. The Morgan fingerprint density at radius 1 is 1.47 bits per heavy atom.